The highest BCUT2D eigenvalue weighted by atomic mass is 16.5. The highest BCUT2D eigenvalue weighted by Gasteiger charge is 2.52. The SMILES string of the molecule is CC(C)(C)c1ccccc1NC(=O)COC(=O)CN1C(=O)NC2(CCCC2)C1=O. The van der Waals surface area contributed by atoms with Gasteiger partial charge >= 0.3 is 12.0 Å². The number of anilines is 1. The van der Waals surface area contributed by atoms with Crippen LogP contribution < -0.4 is 10.6 Å². The van der Waals surface area contributed by atoms with E-state index in [1.54, 1.807) is 6.07 Å². The van der Waals surface area contributed by atoms with Crippen molar-refractivity contribution in [1.29, 1.82) is 0 Å². The quantitative estimate of drug-likeness (QED) is 0.582. The van der Waals surface area contributed by atoms with Crippen molar-refractivity contribution in [2.24, 2.45) is 0 Å². The molecule has 0 aromatic heterocycles. The number of carbonyl (C=O) groups excluding carboxylic acids is 4. The number of para-hydroxylation sites is 1. The minimum absolute atomic E-state index is 0.166. The molecule has 0 unspecified atom stereocenters. The van der Waals surface area contributed by atoms with Crippen LogP contribution in [0, 0.1) is 0 Å². The summed E-state index contributed by atoms with van der Waals surface area (Å²) < 4.78 is 4.99. The van der Waals surface area contributed by atoms with Crippen molar-refractivity contribution < 1.29 is 23.9 Å². The van der Waals surface area contributed by atoms with Gasteiger partial charge in [-0.1, -0.05) is 51.8 Å². The summed E-state index contributed by atoms with van der Waals surface area (Å²) in [4.78, 5) is 49.8. The highest BCUT2D eigenvalue weighted by Crippen LogP contribution is 2.35. The second kappa shape index (κ2) is 7.85. The lowest BCUT2D eigenvalue weighted by atomic mass is 9.86. The van der Waals surface area contributed by atoms with Crippen molar-refractivity contribution in [2.75, 3.05) is 18.5 Å². The topological polar surface area (TPSA) is 105 Å². The number of esters is 1. The third-order valence-electron chi connectivity index (χ3n) is 5.36. The molecule has 0 atom stereocenters. The van der Waals surface area contributed by atoms with Crippen LogP contribution >= 0.6 is 0 Å². The van der Waals surface area contributed by atoms with Gasteiger partial charge in [-0.25, -0.2) is 4.79 Å². The number of ether oxygens (including phenoxy) is 1. The van der Waals surface area contributed by atoms with Crippen LogP contribution in [0.1, 0.15) is 52.0 Å². The number of hydrogen-bond donors (Lipinski definition) is 2. The molecule has 1 saturated carbocycles. The molecule has 29 heavy (non-hydrogen) atoms. The molecule has 8 nitrogen and oxygen atoms in total. The smallest absolute Gasteiger partial charge is 0.326 e. The van der Waals surface area contributed by atoms with Crippen LogP contribution in [-0.2, 0) is 24.5 Å². The Morgan fingerprint density at radius 3 is 2.48 bits per heavy atom. The molecule has 0 bridgehead atoms. The fourth-order valence-corrected chi connectivity index (χ4v) is 3.89. The molecule has 0 radical (unpaired) electrons. The third kappa shape index (κ3) is 4.41. The van der Waals surface area contributed by atoms with Crippen molar-refractivity contribution in [3.8, 4) is 0 Å². The van der Waals surface area contributed by atoms with Gasteiger partial charge in [0.1, 0.15) is 12.1 Å². The van der Waals surface area contributed by atoms with E-state index in [0.717, 1.165) is 23.3 Å². The van der Waals surface area contributed by atoms with Gasteiger partial charge in [-0.2, -0.15) is 0 Å². The minimum atomic E-state index is -0.870. The number of imide groups is 1. The van der Waals surface area contributed by atoms with Gasteiger partial charge < -0.3 is 15.4 Å². The molecular weight excluding hydrogens is 374 g/mol. The van der Waals surface area contributed by atoms with E-state index in [4.69, 9.17) is 4.74 Å². The molecule has 4 amide bonds. The number of nitrogens with zero attached hydrogens (tertiary/aromatic N) is 1. The number of benzene rings is 1. The fourth-order valence-electron chi connectivity index (χ4n) is 3.89. The molecular formula is C21H27N3O5. The Bertz CT molecular complexity index is 837. The molecule has 3 rings (SSSR count). The Balaban J connectivity index is 1.53. The zero-order valence-corrected chi connectivity index (χ0v) is 17.0. The average molecular weight is 401 g/mol. The predicted octanol–water partition coefficient (Wildman–Crippen LogP) is 2.33. The first kappa shape index (κ1) is 20.8. The Kier molecular flexibility index (Phi) is 5.64. The van der Waals surface area contributed by atoms with E-state index in [0.29, 0.717) is 18.5 Å². The Labute approximate surface area is 170 Å². The van der Waals surface area contributed by atoms with E-state index < -0.39 is 36.6 Å². The Morgan fingerprint density at radius 2 is 1.83 bits per heavy atom. The van der Waals surface area contributed by atoms with E-state index in [1.165, 1.54) is 0 Å². The zero-order valence-electron chi connectivity index (χ0n) is 17.0. The number of hydrogen-bond acceptors (Lipinski definition) is 5. The summed E-state index contributed by atoms with van der Waals surface area (Å²) in [7, 11) is 0. The first-order valence-corrected chi connectivity index (χ1v) is 9.81. The largest absolute Gasteiger partial charge is 0.454 e. The maximum atomic E-state index is 12.5. The van der Waals surface area contributed by atoms with E-state index in [2.05, 4.69) is 10.6 Å². The lowest BCUT2D eigenvalue weighted by Gasteiger charge is -2.23. The molecule has 8 heteroatoms. The van der Waals surface area contributed by atoms with Gasteiger partial charge in [0, 0.05) is 5.69 Å². The molecule has 2 aliphatic rings. The van der Waals surface area contributed by atoms with Gasteiger partial charge in [0.05, 0.1) is 0 Å². The summed E-state index contributed by atoms with van der Waals surface area (Å²) in [5.41, 5.74) is 0.574. The normalized spacial score (nSPS) is 18.1. The molecule has 1 aromatic rings. The monoisotopic (exact) mass is 401 g/mol. The Hall–Kier alpha value is -2.90. The van der Waals surface area contributed by atoms with Crippen LogP contribution in [0.2, 0.25) is 0 Å². The van der Waals surface area contributed by atoms with E-state index >= 15 is 0 Å². The van der Waals surface area contributed by atoms with Gasteiger partial charge in [-0.05, 0) is 29.9 Å². The summed E-state index contributed by atoms with van der Waals surface area (Å²) in [5, 5.41) is 5.45. The first-order valence-electron chi connectivity index (χ1n) is 9.81. The van der Waals surface area contributed by atoms with Crippen molar-refractivity contribution in [3.05, 3.63) is 29.8 Å². The van der Waals surface area contributed by atoms with E-state index in [1.807, 2.05) is 39.0 Å². The second-order valence-electron chi connectivity index (χ2n) is 8.62. The van der Waals surface area contributed by atoms with Crippen LogP contribution in [-0.4, -0.2) is 47.4 Å². The Morgan fingerprint density at radius 1 is 1.17 bits per heavy atom. The minimum Gasteiger partial charge on any atom is -0.454 e. The van der Waals surface area contributed by atoms with Crippen molar-refractivity contribution >= 4 is 29.5 Å². The van der Waals surface area contributed by atoms with E-state index in [-0.39, 0.29) is 11.3 Å². The summed E-state index contributed by atoms with van der Waals surface area (Å²) >= 11 is 0. The van der Waals surface area contributed by atoms with Gasteiger partial charge in [0.25, 0.3) is 11.8 Å². The van der Waals surface area contributed by atoms with Gasteiger partial charge in [-0.3, -0.25) is 19.3 Å². The number of nitrogens with one attached hydrogen (secondary N) is 2. The zero-order chi connectivity index (χ0) is 21.2. The molecule has 1 aliphatic carbocycles. The first-order chi connectivity index (χ1) is 13.6. The summed E-state index contributed by atoms with van der Waals surface area (Å²) in [5.74, 6) is -1.68. The van der Waals surface area contributed by atoms with Crippen LogP contribution in [0.3, 0.4) is 0 Å². The van der Waals surface area contributed by atoms with Crippen LogP contribution in [0.15, 0.2) is 24.3 Å². The lowest BCUT2D eigenvalue weighted by molar-refractivity contribution is -0.150. The van der Waals surface area contributed by atoms with E-state index in [9.17, 15) is 19.2 Å². The predicted molar refractivity (Wildman–Crippen MR) is 106 cm³/mol. The number of urea groups is 1. The van der Waals surface area contributed by atoms with Crippen LogP contribution in [0.5, 0.6) is 0 Å². The number of amides is 4. The van der Waals surface area contributed by atoms with Gasteiger partial charge in [0.2, 0.25) is 0 Å². The molecule has 1 aliphatic heterocycles. The highest BCUT2D eigenvalue weighted by molar-refractivity contribution is 6.09. The van der Waals surface area contributed by atoms with Crippen molar-refractivity contribution in [1.82, 2.24) is 10.2 Å². The van der Waals surface area contributed by atoms with Crippen molar-refractivity contribution in [2.45, 2.75) is 57.4 Å². The van der Waals surface area contributed by atoms with Crippen LogP contribution in [0.4, 0.5) is 10.5 Å². The molecule has 156 valence electrons. The lowest BCUT2D eigenvalue weighted by Crippen LogP contribution is -2.44. The average Bonchev–Trinajstić information content (AvgIpc) is 3.20. The van der Waals surface area contributed by atoms with Gasteiger partial charge in [-0.15, -0.1) is 0 Å². The molecule has 1 heterocycles. The molecule has 1 spiro atoms. The number of carbonyl (C=O) groups is 4. The summed E-state index contributed by atoms with van der Waals surface area (Å²) in [6, 6.07) is 6.84. The van der Waals surface area contributed by atoms with Gasteiger partial charge in [0.15, 0.2) is 6.61 Å². The molecule has 1 aromatic carbocycles. The second-order valence-corrected chi connectivity index (χ2v) is 8.62. The van der Waals surface area contributed by atoms with Crippen molar-refractivity contribution in [3.63, 3.8) is 0 Å². The third-order valence-corrected chi connectivity index (χ3v) is 5.36. The fraction of sp³-hybridized carbons (Fsp3) is 0.524. The standard InChI is InChI=1S/C21H27N3O5/c1-20(2,3)14-8-4-5-9-15(14)22-16(25)13-29-17(26)12-24-18(27)21(23-19(24)28)10-6-7-11-21/h4-5,8-9H,6-7,10-13H2,1-3H3,(H,22,25)(H,23,28). The summed E-state index contributed by atoms with van der Waals surface area (Å²) in [6.45, 7) is 5.11. The molecule has 2 N–H and O–H groups in total. The summed E-state index contributed by atoms with van der Waals surface area (Å²) in [6.07, 6.45) is 2.89. The van der Waals surface area contributed by atoms with Crippen LogP contribution in [0.25, 0.3) is 0 Å². The maximum absolute atomic E-state index is 12.5. The molecule has 2 fully saturated rings. The maximum Gasteiger partial charge on any atom is 0.326 e. The number of rotatable bonds is 5. The molecule has 1 saturated heterocycles.